The van der Waals surface area contributed by atoms with Gasteiger partial charge in [-0.2, -0.15) is 13.2 Å². The summed E-state index contributed by atoms with van der Waals surface area (Å²) < 4.78 is 49.6. The number of phenols is 1. The van der Waals surface area contributed by atoms with Crippen LogP contribution in [0.5, 0.6) is 17.2 Å². The molecule has 1 aliphatic heterocycles. The number of amides is 1. The molecule has 3 aromatic carbocycles. The molecule has 0 radical (unpaired) electrons. The molecular weight excluding hydrogens is 479 g/mol. The molecule has 1 aliphatic rings. The normalized spacial score (nSPS) is 17.4. The number of methoxy groups -OCH3 is 2. The van der Waals surface area contributed by atoms with Crippen molar-refractivity contribution in [3.63, 3.8) is 0 Å². The molecule has 0 saturated carbocycles. The molecule has 10 heteroatoms. The van der Waals surface area contributed by atoms with Gasteiger partial charge in [0.1, 0.15) is 11.5 Å². The quantitative estimate of drug-likeness (QED) is 0.290. The maximum atomic E-state index is 13.2. The Morgan fingerprint density at radius 2 is 1.58 bits per heavy atom. The molecule has 1 amide bonds. The van der Waals surface area contributed by atoms with Crippen LogP contribution in [0.25, 0.3) is 5.76 Å². The van der Waals surface area contributed by atoms with Gasteiger partial charge in [0.15, 0.2) is 11.5 Å². The van der Waals surface area contributed by atoms with Crippen molar-refractivity contribution in [2.75, 3.05) is 19.1 Å². The van der Waals surface area contributed by atoms with Gasteiger partial charge >= 0.3 is 6.18 Å². The summed E-state index contributed by atoms with van der Waals surface area (Å²) in [5, 5.41) is 21.2. The number of phenolic OH excluding ortho intramolecular Hbond substituents is 1. The van der Waals surface area contributed by atoms with Crippen molar-refractivity contribution in [3.8, 4) is 17.2 Å². The molecule has 1 saturated heterocycles. The zero-order valence-corrected chi connectivity index (χ0v) is 19.0. The van der Waals surface area contributed by atoms with Crippen LogP contribution in [0.2, 0.25) is 0 Å². The lowest BCUT2D eigenvalue weighted by Crippen LogP contribution is -2.29. The summed E-state index contributed by atoms with van der Waals surface area (Å²) in [6, 6.07) is 12.6. The van der Waals surface area contributed by atoms with Crippen molar-refractivity contribution >= 4 is 23.1 Å². The number of rotatable bonds is 5. The van der Waals surface area contributed by atoms with Gasteiger partial charge in [0.2, 0.25) is 0 Å². The number of ether oxygens (including phenoxy) is 2. The number of halogens is 3. The first-order valence-electron chi connectivity index (χ1n) is 10.6. The van der Waals surface area contributed by atoms with E-state index in [4.69, 9.17) is 9.47 Å². The van der Waals surface area contributed by atoms with E-state index >= 15 is 0 Å². The summed E-state index contributed by atoms with van der Waals surface area (Å²) in [5.74, 6) is -2.18. The molecule has 1 unspecified atom stereocenters. The Morgan fingerprint density at radius 1 is 0.917 bits per heavy atom. The monoisotopic (exact) mass is 499 g/mol. The molecule has 0 aromatic heterocycles. The van der Waals surface area contributed by atoms with E-state index in [-0.39, 0.29) is 33.9 Å². The summed E-state index contributed by atoms with van der Waals surface area (Å²) in [6.07, 6.45) is -4.59. The number of anilines is 1. The zero-order chi connectivity index (χ0) is 26.2. The second kappa shape index (κ2) is 9.29. The first-order chi connectivity index (χ1) is 17.1. The Morgan fingerprint density at radius 3 is 2.17 bits per heavy atom. The summed E-state index contributed by atoms with van der Waals surface area (Å²) >= 11 is 0. The highest BCUT2D eigenvalue weighted by Gasteiger charge is 2.47. The van der Waals surface area contributed by atoms with Gasteiger partial charge in [-0.1, -0.05) is 12.1 Å². The predicted molar refractivity (Wildman–Crippen MR) is 124 cm³/mol. The van der Waals surface area contributed by atoms with Gasteiger partial charge in [0.25, 0.3) is 11.7 Å². The van der Waals surface area contributed by atoms with Crippen molar-refractivity contribution in [1.29, 1.82) is 0 Å². The molecule has 1 fully saturated rings. The van der Waals surface area contributed by atoms with Gasteiger partial charge in [0, 0.05) is 11.3 Å². The van der Waals surface area contributed by atoms with Crippen LogP contribution in [-0.2, 0) is 15.8 Å². The lowest BCUT2D eigenvalue weighted by atomic mass is 9.94. The predicted octanol–water partition coefficient (Wildman–Crippen LogP) is 5.05. The summed E-state index contributed by atoms with van der Waals surface area (Å²) in [5.41, 5.74) is -0.830. The van der Waals surface area contributed by atoms with E-state index in [9.17, 15) is 33.0 Å². The number of alkyl halides is 3. The summed E-state index contributed by atoms with van der Waals surface area (Å²) in [4.78, 5) is 27.3. The lowest BCUT2D eigenvalue weighted by molar-refractivity contribution is -0.137. The molecule has 0 bridgehead atoms. The summed E-state index contributed by atoms with van der Waals surface area (Å²) in [7, 11) is 2.81. The van der Waals surface area contributed by atoms with Crippen molar-refractivity contribution in [1.82, 2.24) is 0 Å². The maximum Gasteiger partial charge on any atom is 0.416 e. The smallest absolute Gasteiger partial charge is 0.416 e. The van der Waals surface area contributed by atoms with Crippen molar-refractivity contribution in [3.05, 3.63) is 89.0 Å². The van der Waals surface area contributed by atoms with Crippen LogP contribution in [0, 0.1) is 0 Å². The SMILES string of the molecule is COc1ccc(/C(O)=C2/C(=O)C(=O)N(c3ccc(C(F)(F)F)cc3)C2c2cccc(O)c2)cc1OC. The second-order valence-electron chi connectivity index (χ2n) is 7.88. The van der Waals surface area contributed by atoms with E-state index in [0.717, 1.165) is 29.2 Å². The van der Waals surface area contributed by atoms with Crippen molar-refractivity contribution in [2.24, 2.45) is 0 Å². The highest BCUT2D eigenvalue weighted by molar-refractivity contribution is 6.51. The molecule has 7 nitrogen and oxygen atoms in total. The second-order valence-corrected chi connectivity index (χ2v) is 7.88. The number of aliphatic hydroxyl groups is 1. The first-order valence-corrected chi connectivity index (χ1v) is 10.6. The Labute approximate surface area is 203 Å². The van der Waals surface area contributed by atoms with Crippen LogP contribution in [0.1, 0.15) is 22.7 Å². The number of ketones is 1. The van der Waals surface area contributed by atoms with E-state index in [1.807, 2.05) is 0 Å². The van der Waals surface area contributed by atoms with Crippen molar-refractivity contribution in [2.45, 2.75) is 12.2 Å². The molecule has 0 aliphatic carbocycles. The minimum atomic E-state index is -4.59. The molecule has 3 aromatic rings. The molecule has 4 rings (SSSR count). The zero-order valence-electron chi connectivity index (χ0n) is 19.0. The Balaban J connectivity index is 1.92. The number of benzene rings is 3. The highest BCUT2D eigenvalue weighted by Crippen LogP contribution is 2.44. The Bertz CT molecular complexity index is 1360. The Hall–Kier alpha value is -4.47. The van der Waals surface area contributed by atoms with Crippen LogP contribution in [-0.4, -0.2) is 36.1 Å². The van der Waals surface area contributed by atoms with Gasteiger partial charge in [-0.25, -0.2) is 0 Å². The van der Waals surface area contributed by atoms with Crippen molar-refractivity contribution < 1.29 is 42.4 Å². The van der Waals surface area contributed by atoms with Crippen LogP contribution >= 0.6 is 0 Å². The highest BCUT2D eigenvalue weighted by atomic mass is 19.4. The van der Waals surface area contributed by atoms with E-state index in [1.165, 1.54) is 56.7 Å². The van der Waals surface area contributed by atoms with Gasteiger partial charge < -0.3 is 19.7 Å². The van der Waals surface area contributed by atoms with E-state index < -0.39 is 35.2 Å². The molecule has 1 heterocycles. The van der Waals surface area contributed by atoms with Gasteiger partial charge in [-0.05, 0) is 60.2 Å². The number of hydrogen-bond acceptors (Lipinski definition) is 6. The fourth-order valence-electron chi connectivity index (χ4n) is 4.06. The third-order valence-electron chi connectivity index (χ3n) is 5.76. The number of carbonyl (C=O) groups is 2. The van der Waals surface area contributed by atoms with E-state index in [0.29, 0.717) is 5.75 Å². The number of aromatic hydroxyl groups is 1. The molecule has 186 valence electrons. The number of hydrogen-bond donors (Lipinski definition) is 2. The van der Waals surface area contributed by atoms with Gasteiger partial charge in [-0.3, -0.25) is 14.5 Å². The number of carbonyl (C=O) groups excluding carboxylic acids is 2. The summed E-state index contributed by atoms with van der Waals surface area (Å²) in [6.45, 7) is 0. The standard InChI is InChI=1S/C26H20F3NO6/c1-35-19-11-6-15(13-20(19)36-2)23(32)21-22(14-4-3-5-18(31)12-14)30(25(34)24(21)33)17-9-7-16(8-10-17)26(27,28)29/h3-13,22,31-32H,1-2H3/b23-21-. The number of nitrogens with zero attached hydrogens (tertiary/aromatic N) is 1. The molecule has 2 N–H and O–H groups in total. The van der Waals surface area contributed by atoms with Crippen LogP contribution in [0.3, 0.4) is 0 Å². The first kappa shape index (κ1) is 24.6. The minimum Gasteiger partial charge on any atom is -0.508 e. The topological polar surface area (TPSA) is 96.3 Å². The Kier molecular flexibility index (Phi) is 6.36. The molecule has 0 spiro atoms. The average Bonchev–Trinajstić information content (AvgIpc) is 3.13. The van der Waals surface area contributed by atoms with E-state index in [1.54, 1.807) is 0 Å². The minimum absolute atomic E-state index is 0.00445. The maximum absolute atomic E-state index is 13.2. The third-order valence-corrected chi connectivity index (χ3v) is 5.76. The molecule has 1 atom stereocenters. The lowest BCUT2D eigenvalue weighted by Gasteiger charge is -2.26. The van der Waals surface area contributed by atoms with E-state index in [2.05, 4.69) is 0 Å². The molecule has 36 heavy (non-hydrogen) atoms. The van der Waals surface area contributed by atoms with Gasteiger partial charge in [0.05, 0.1) is 31.4 Å². The number of aliphatic hydroxyl groups excluding tert-OH is 1. The van der Waals surface area contributed by atoms with Crippen LogP contribution in [0.15, 0.2) is 72.3 Å². The van der Waals surface area contributed by atoms with Crippen LogP contribution in [0.4, 0.5) is 18.9 Å². The van der Waals surface area contributed by atoms with Gasteiger partial charge in [-0.15, -0.1) is 0 Å². The average molecular weight is 499 g/mol. The molecular formula is C26H20F3NO6. The fourth-order valence-corrected chi connectivity index (χ4v) is 4.06. The number of Topliss-reactive ketones (excluding diaryl/α,β-unsaturated/α-hetero) is 1. The largest absolute Gasteiger partial charge is 0.508 e. The fraction of sp³-hybridized carbons (Fsp3) is 0.154. The van der Waals surface area contributed by atoms with Crippen LogP contribution < -0.4 is 14.4 Å². The third kappa shape index (κ3) is 4.33.